The number of nitro groups is 1. The highest BCUT2D eigenvalue weighted by Crippen LogP contribution is 1.77. The van der Waals surface area contributed by atoms with Gasteiger partial charge >= 0.3 is 0 Å². The Hall–Kier alpha value is -1.66. The normalized spacial score (nSPS) is 11.8. The van der Waals surface area contributed by atoms with E-state index < -0.39 is 5.03 Å². The highest BCUT2D eigenvalue weighted by Gasteiger charge is 1.97. The van der Waals surface area contributed by atoms with E-state index >= 15 is 0 Å². The van der Waals surface area contributed by atoms with Crippen LogP contribution in [-0.2, 0) is 0 Å². The van der Waals surface area contributed by atoms with Crippen LogP contribution in [0, 0.1) is 10.1 Å². The van der Waals surface area contributed by atoms with Crippen molar-refractivity contribution in [2.45, 2.75) is 0 Å². The lowest BCUT2D eigenvalue weighted by atomic mass is 10.9. The molecule has 12 heavy (non-hydrogen) atoms. The van der Waals surface area contributed by atoms with Crippen LogP contribution in [0.5, 0.6) is 0 Å². The third kappa shape index (κ3) is 5.15. The molecule has 0 aromatic rings. The molecule has 0 spiro atoms. The van der Waals surface area contributed by atoms with E-state index in [-0.39, 0.29) is 5.96 Å². The van der Waals surface area contributed by atoms with Gasteiger partial charge in [-0.3, -0.25) is 0 Å². The quantitative estimate of drug-likeness (QED) is 0.260. The lowest BCUT2D eigenvalue weighted by Crippen LogP contribution is -2.20. The van der Waals surface area contributed by atoms with Gasteiger partial charge in [0, 0.05) is 21.1 Å². The third-order valence-corrected chi connectivity index (χ3v) is 0.811. The second-order valence-corrected chi connectivity index (χ2v) is 2.12. The van der Waals surface area contributed by atoms with E-state index in [1.165, 1.54) is 13.4 Å². The zero-order valence-corrected chi connectivity index (χ0v) is 7.18. The van der Waals surface area contributed by atoms with E-state index in [1.54, 1.807) is 19.0 Å². The molecule has 0 saturated carbocycles. The van der Waals surface area contributed by atoms with Crippen LogP contribution in [0.2, 0.25) is 0 Å². The zero-order valence-electron chi connectivity index (χ0n) is 7.18. The van der Waals surface area contributed by atoms with E-state index in [9.17, 15) is 10.1 Å². The van der Waals surface area contributed by atoms with Crippen molar-refractivity contribution in [2.75, 3.05) is 21.1 Å². The lowest BCUT2D eigenvalue weighted by molar-refractivity contribution is -0.485. The van der Waals surface area contributed by atoms with Gasteiger partial charge < -0.3 is 10.2 Å². The molecule has 1 N–H and O–H groups in total. The Morgan fingerprint density at radius 1 is 1.67 bits per heavy atom. The highest BCUT2D eigenvalue weighted by molar-refractivity contribution is 5.86. The monoisotopic (exact) mass is 173 g/mol. The average Bonchev–Trinajstić information content (AvgIpc) is 1.97. The van der Waals surface area contributed by atoms with Crippen molar-refractivity contribution >= 4 is 12.3 Å². The summed E-state index contributed by atoms with van der Waals surface area (Å²) < 4.78 is 0. The summed E-state index contributed by atoms with van der Waals surface area (Å²) in [6, 6.07) is 0. The number of aliphatic imine (C=N–C) groups is 1. The first kappa shape index (κ1) is 10.3. The molecule has 0 aromatic heterocycles. The molecular formula is C5H11N5O2. The zero-order chi connectivity index (χ0) is 9.56. The van der Waals surface area contributed by atoms with Crippen LogP contribution in [0.1, 0.15) is 0 Å². The van der Waals surface area contributed by atoms with E-state index in [0.717, 1.165) is 0 Å². The van der Waals surface area contributed by atoms with Gasteiger partial charge in [-0.15, -0.1) is 0 Å². The summed E-state index contributed by atoms with van der Waals surface area (Å²) in [7, 11) is 5.02. The first-order valence-corrected chi connectivity index (χ1v) is 3.17. The molecule has 7 nitrogen and oxygen atoms in total. The Bertz CT molecular complexity index is 210. The first-order valence-electron chi connectivity index (χ1n) is 3.17. The Morgan fingerprint density at radius 2 is 2.25 bits per heavy atom. The predicted molar refractivity (Wildman–Crippen MR) is 45.7 cm³/mol. The topological polar surface area (TPSA) is 83.1 Å². The van der Waals surface area contributed by atoms with Crippen molar-refractivity contribution in [3.63, 3.8) is 0 Å². The molecular weight excluding hydrogens is 162 g/mol. The molecule has 0 radical (unpaired) electrons. The third-order valence-electron chi connectivity index (χ3n) is 0.811. The summed E-state index contributed by atoms with van der Waals surface area (Å²) in [6.07, 6.45) is 1.42. The summed E-state index contributed by atoms with van der Waals surface area (Å²) in [6.45, 7) is 0. The molecule has 0 aliphatic heterocycles. The van der Waals surface area contributed by atoms with Crippen LogP contribution < -0.4 is 5.32 Å². The Labute approximate surface area is 69.9 Å². The largest absolute Gasteiger partial charge is 0.369 e. The maximum atomic E-state index is 9.90. The number of nitrogens with zero attached hydrogens (tertiary/aromatic N) is 4. The first-order chi connectivity index (χ1) is 5.56. The van der Waals surface area contributed by atoms with E-state index in [2.05, 4.69) is 15.4 Å². The lowest BCUT2D eigenvalue weighted by Gasteiger charge is -2.01. The maximum Gasteiger partial charge on any atom is 0.296 e. The maximum absolute atomic E-state index is 9.90. The van der Waals surface area contributed by atoms with Crippen molar-refractivity contribution in [3.8, 4) is 0 Å². The second kappa shape index (κ2) is 5.05. The van der Waals surface area contributed by atoms with E-state index in [4.69, 9.17) is 0 Å². The van der Waals surface area contributed by atoms with Gasteiger partial charge in [0.05, 0.1) is 6.34 Å². The van der Waals surface area contributed by atoms with Crippen LogP contribution in [0.3, 0.4) is 0 Å². The van der Waals surface area contributed by atoms with Gasteiger partial charge in [0.15, 0.2) is 5.03 Å². The van der Waals surface area contributed by atoms with E-state index in [0.29, 0.717) is 0 Å². The van der Waals surface area contributed by atoms with E-state index in [1.807, 2.05) is 0 Å². The van der Waals surface area contributed by atoms with Crippen LogP contribution in [-0.4, -0.2) is 43.4 Å². The Balaban J connectivity index is 4.27. The van der Waals surface area contributed by atoms with Gasteiger partial charge in [0.25, 0.3) is 5.96 Å². The van der Waals surface area contributed by atoms with Crippen molar-refractivity contribution < 1.29 is 5.03 Å². The van der Waals surface area contributed by atoms with Gasteiger partial charge in [-0.1, -0.05) is 0 Å². The molecule has 0 fully saturated rings. The van der Waals surface area contributed by atoms with Gasteiger partial charge in [-0.25, -0.2) is 10.1 Å². The minimum Gasteiger partial charge on any atom is -0.369 e. The summed E-state index contributed by atoms with van der Waals surface area (Å²) in [5.41, 5.74) is 0. The number of hydrogen-bond acceptors (Lipinski definition) is 2. The van der Waals surface area contributed by atoms with Crippen molar-refractivity contribution in [3.05, 3.63) is 10.1 Å². The molecule has 68 valence electrons. The SMILES string of the molecule is CN/C(N=CN(C)C)=N\[N+](=O)[O-]. The number of hydrogen-bond donors (Lipinski definition) is 1. The molecule has 0 aliphatic rings. The molecule has 0 aromatic carbocycles. The van der Waals surface area contributed by atoms with Crippen LogP contribution in [0.15, 0.2) is 10.1 Å². The molecule has 0 unspecified atom stereocenters. The second-order valence-electron chi connectivity index (χ2n) is 2.12. The molecule has 7 heteroatoms. The molecule has 0 heterocycles. The fourth-order valence-corrected chi connectivity index (χ4v) is 0.388. The van der Waals surface area contributed by atoms with Crippen LogP contribution in [0.4, 0.5) is 0 Å². The van der Waals surface area contributed by atoms with Crippen molar-refractivity contribution in [1.29, 1.82) is 0 Å². The van der Waals surface area contributed by atoms with Gasteiger partial charge in [-0.2, -0.15) is 4.99 Å². The standard InChI is InChI=1S/C5H11N5O2/c1-6-5(8-10(11)12)7-4-9(2)3/h4H,1-3H3,(H,6,8). The smallest absolute Gasteiger partial charge is 0.296 e. The number of rotatable bonds is 2. The molecule has 0 amide bonds. The van der Waals surface area contributed by atoms with Crippen molar-refractivity contribution in [2.24, 2.45) is 10.1 Å². The minimum absolute atomic E-state index is 0.0336. The number of hydrazone groups is 1. The summed E-state index contributed by atoms with van der Waals surface area (Å²) >= 11 is 0. The fourth-order valence-electron chi connectivity index (χ4n) is 0.388. The van der Waals surface area contributed by atoms with Crippen molar-refractivity contribution in [1.82, 2.24) is 10.2 Å². The van der Waals surface area contributed by atoms with Gasteiger partial charge in [0.2, 0.25) is 0 Å². The fraction of sp³-hybridized carbons (Fsp3) is 0.600. The molecule has 0 bridgehead atoms. The van der Waals surface area contributed by atoms with Gasteiger partial charge in [0.1, 0.15) is 5.10 Å². The average molecular weight is 173 g/mol. The highest BCUT2D eigenvalue weighted by atomic mass is 16.7. The number of guanidine groups is 1. The minimum atomic E-state index is -0.807. The molecule has 0 aliphatic carbocycles. The summed E-state index contributed by atoms with van der Waals surface area (Å²) in [5, 5.41) is 14.5. The summed E-state index contributed by atoms with van der Waals surface area (Å²) in [4.78, 5) is 15.2. The summed E-state index contributed by atoms with van der Waals surface area (Å²) in [5.74, 6) is -0.0336. The van der Waals surface area contributed by atoms with Gasteiger partial charge in [-0.05, 0) is 0 Å². The Morgan fingerprint density at radius 3 is 2.58 bits per heavy atom. The molecule has 0 rings (SSSR count). The van der Waals surface area contributed by atoms with Crippen LogP contribution >= 0.6 is 0 Å². The molecule has 0 atom stereocenters. The van der Waals surface area contributed by atoms with Crippen LogP contribution in [0.25, 0.3) is 0 Å². The predicted octanol–water partition coefficient (Wildman–Crippen LogP) is -0.657. The molecule has 0 saturated heterocycles. The Kier molecular flexibility index (Phi) is 4.35. The number of nitrogens with one attached hydrogen (secondary N) is 1.